The van der Waals surface area contributed by atoms with Crippen LogP contribution in [0.1, 0.15) is 37.7 Å². The number of hydrogen-bond donors (Lipinski definition) is 0. The lowest BCUT2D eigenvalue weighted by Crippen LogP contribution is -2.07. The molecular formula is C29H26F4O. The van der Waals surface area contributed by atoms with Gasteiger partial charge in [0.2, 0.25) is 5.82 Å². The molecule has 34 heavy (non-hydrogen) atoms. The summed E-state index contributed by atoms with van der Waals surface area (Å²) in [4.78, 5) is 0. The van der Waals surface area contributed by atoms with Crippen molar-refractivity contribution in [3.05, 3.63) is 96.1 Å². The van der Waals surface area contributed by atoms with Gasteiger partial charge in [-0.25, -0.2) is 13.2 Å². The van der Waals surface area contributed by atoms with Crippen LogP contribution in [0, 0.1) is 29.2 Å². The van der Waals surface area contributed by atoms with Gasteiger partial charge in [-0.15, -0.1) is 6.58 Å². The summed E-state index contributed by atoms with van der Waals surface area (Å²) < 4.78 is 63.3. The second-order valence-electron chi connectivity index (χ2n) is 8.55. The first-order valence-corrected chi connectivity index (χ1v) is 11.4. The quantitative estimate of drug-likeness (QED) is 0.250. The first-order chi connectivity index (χ1) is 16.4. The van der Waals surface area contributed by atoms with Crippen molar-refractivity contribution in [2.24, 2.45) is 5.92 Å². The number of hydrogen-bond acceptors (Lipinski definition) is 1. The number of halogens is 4. The topological polar surface area (TPSA) is 9.23 Å². The van der Waals surface area contributed by atoms with Crippen molar-refractivity contribution in [1.82, 2.24) is 0 Å². The normalized spacial score (nSPS) is 15.7. The first-order valence-electron chi connectivity index (χ1n) is 11.4. The lowest BCUT2D eigenvalue weighted by Gasteiger charge is -2.22. The fraction of sp³-hybridized carbons (Fsp3) is 0.241. The lowest BCUT2D eigenvalue weighted by atomic mass is 9.83. The molecule has 0 aromatic heterocycles. The zero-order chi connectivity index (χ0) is 24.2. The van der Waals surface area contributed by atoms with Crippen molar-refractivity contribution in [2.75, 3.05) is 7.11 Å². The minimum atomic E-state index is -1.07. The highest BCUT2D eigenvalue weighted by molar-refractivity contribution is 5.74. The summed E-state index contributed by atoms with van der Waals surface area (Å²) in [5.74, 6) is -3.51. The Morgan fingerprint density at radius 2 is 1.38 bits per heavy atom. The molecule has 1 aliphatic rings. The molecule has 1 atom stereocenters. The van der Waals surface area contributed by atoms with Crippen molar-refractivity contribution < 1.29 is 22.3 Å². The predicted molar refractivity (Wildman–Crippen MR) is 128 cm³/mol. The van der Waals surface area contributed by atoms with Gasteiger partial charge in [-0.1, -0.05) is 48.6 Å². The third-order valence-electron chi connectivity index (χ3n) is 6.50. The number of allylic oxidation sites excluding steroid dienone is 3. The van der Waals surface area contributed by atoms with Crippen LogP contribution in [0.4, 0.5) is 17.6 Å². The van der Waals surface area contributed by atoms with E-state index in [2.05, 4.69) is 6.58 Å². The van der Waals surface area contributed by atoms with Crippen LogP contribution in [0.25, 0.3) is 27.8 Å². The van der Waals surface area contributed by atoms with E-state index in [0.29, 0.717) is 22.6 Å². The van der Waals surface area contributed by atoms with E-state index in [1.807, 2.05) is 12.2 Å². The molecule has 0 aliphatic heterocycles. The molecule has 0 bridgehead atoms. The molecule has 3 aromatic rings. The summed E-state index contributed by atoms with van der Waals surface area (Å²) in [6.07, 6.45) is 8.48. The summed E-state index contributed by atoms with van der Waals surface area (Å²) in [5, 5.41) is 0. The molecule has 1 nitrogen and oxygen atoms in total. The van der Waals surface area contributed by atoms with E-state index in [-0.39, 0.29) is 16.9 Å². The van der Waals surface area contributed by atoms with Crippen LogP contribution in [0.2, 0.25) is 0 Å². The maximum absolute atomic E-state index is 15.0. The molecule has 0 heterocycles. The Balaban J connectivity index is 1.58. The van der Waals surface area contributed by atoms with Gasteiger partial charge in [-0.3, -0.25) is 0 Å². The zero-order valence-electron chi connectivity index (χ0n) is 19.0. The van der Waals surface area contributed by atoms with Gasteiger partial charge in [0.15, 0.2) is 23.2 Å². The van der Waals surface area contributed by atoms with Crippen LogP contribution in [-0.4, -0.2) is 7.11 Å². The van der Waals surface area contributed by atoms with Gasteiger partial charge in [0.05, 0.1) is 7.11 Å². The summed E-state index contributed by atoms with van der Waals surface area (Å²) in [6.45, 7) is 3.75. The Morgan fingerprint density at radius 1 is 0.824 bits per heavy atom. The van der Waals surface area contributed by atoms with Crippen molar-refractivity contribution in [3.8, 4) is 28.0 Å². The molecule has 0 saturated heterocycles. The second-order valence-corrected chi connectivity index (χ2v) is 8.55. The molecule has 176 valence electrons. The molecule has 5 heteroatoms. The van der Waals surface area contributed by atoms with E-state index in [1.54, 1.807) is 36.4 Å². The van der Waals surface area contributed by atoms with E-state index >= 15 is 8.78 Å². The van der Waals surface area contributed by atoms with Gasteiger partial charge >= 0.3 is 0 Å². The fourth-order valence-corrected chi connectivity index (χ4v) is 4.51. The van der Waals surface area contributed by atoms with Gasteiger partial charge in [-0.05, 0) is 66.9 Å². The second kappa shape index (κ2) is 10.3. The molecule has 0 N–H and O–H groups in total. The highest BCUT2D eigenvalue weighted by Crippen LogP contribution is 2.37. The van der Waals surface area contributed by atoms with Crippen LogP contribution >= 0.6 is 0 Å². The Labute approximate surface area is 197 Å². The minimum absolute atomic E-state index is 0.0579. The van der Waals surface area contributed by atoms with Gasteiger partial charge in [0.1, 0.15) is 0 Å². The van der Waals surface area contributed by atoms with Gasteiger partial charge < -0.3 is 4.74 Å². The van der Waals surface area contributed by atoms with E-state index in [1.165, 1.54) is 19.2 Å². The molecule has 0 amide bonds. The highest BCUT2D eigenvalue weighted by Gasteiger charge is 2.21. The predicted octanol–water partition coefficient (Wildman–Crippen LogP) is 8.74. The Kier molecular flexibility index (Phi) is 7.20. The van der Waals surface area contributed by atoms with Crippen molar-refractivity contribution in [3.63, 3.8) is 0 Å². The number of methoxy groups -OCH3 is 1. The maximum Gasteiger partial charge on any atom is 0.201 e. The number of ether oxygens (including phenoxy) is 1. The third-order valence-corrected chi connectivity index (χ3v) is 6.50. The van der Waals surface area contributed by atoms with E-state index in [9.17, 15) is 8.78 Å². The van der Waals surface area contributed by atoms with E-state index < -0.39 is 23.3 Å². The Bertz CT molecular complexity index is 1230. The summed E-state index contributed by atoms with van der Waals surface area (Å²) in [7, 11) is 1.26. The van der Waals surface area contributed by atoms with Crippen molar-refractivity contribution in [2.45, 2.75) is 32.1 Å². The lowest BCUT2D eigenvalue weighted by molar-refractivity contribution is 0.372. The number of benzene rings is 3. The maximum atomic E-state index is 15.0. The van der Waals surface area contributed by atoms with Crippen molar-refractivity contribution >= 4 is 5.57 Å². The Morgan fingerprint density at radius 3 is 1.94 bits per heavy atom. The molecule has 1 unspecified atom stereocenters. The first kappa shape index (κ1) is 23.8. The monoisotopic (exact) mass is 466 g/mol. The van der Waals surface area contributed by atoms with Gasteiger partial charge in [0, 0.05) is 16.7 Å². The van der Waals surface area contributed by atoms with Gasteiger partial charge in [0.25, 0.3) is 0 Å². The Hall–Kier alpha value is -3.34. The average Bonchev–Trinajstić information content (AvgIpc) is 2.87. The van der Waals surface area contributed by atoms with Crippen LogP contribution in [0.3, 0.4) is 0 Å². The highest BCUT2D eigenvalue weighted by atomic mass is 19.2. The summed E-state index contributed by atoms with van der Waals surface area (Å²) >= 11 is 0. The molecule has 0 fully saturated rings. The summed E-state index contributed by atoms with van der Waals surface area (Å²) in [5.41, 5.74) is 2.18. The SMILES string of the molecule is C=CCCC1CC=C(c2ccc(-c3ccc(-c4ccc(OC)c(F)c4F)cc3)c(F)c2F)CC1. The van der Waals surface area contributed by atoms with E-state index in [4.69, 9.17) is 4.74 Å². The van der Waals surface area contributed by atoms with Crippen LogP contribution in [0.15, 0.2) is 67.3 Å². The van der Waals surface area contributed by atoms with Crippen LogP contribution in [0.5, 0.6) is 5.75 Å². The molecule has 0 saturated carbocycles. The third kappa shape index (κ3) is 4.65. The minimum Gasteiger partial charge on any atom is -0.494 e. The largest absolute Gasteiger partial charge is 0.494 e. The molecule has 1 aliphatic carbocycles. The fourth-order valence-electron chi connectivity index (χ4n) is 4.51. The van der Waals surface area contributed by atoms with E-state index in [0.717, 1.165) is 37.7 Å². The molecular weight excluding hydrogens is 440 g/mol. The van der Waals surface area contributed by atoms with Crippen LogP contribution < -0.4 is 4.74 Å². The standard InChI is InChI=1S/C29H26F4O/c1-3-4-5-18-6-8-19(9-7-18)22-14-15-23(27(31)26(22)30)20-10-12-21(13-11-20)24-16-17-25(34-2)29(33)28(24)32/h3,8,10-18H,1,4-7,9H2,2H3. The molecule has 0 radical (unpaired) electrons. The zero-order valence-corrected chi connectivity index (χ0v) is 19.0. The molecule has 4 rings (SSSR count). The smallest absolute Gasteiger partial charge is 0.201 e. The average molecular weight is 467 g/mol. The van der Waals surface area contributed by atoms with Crippen molar-refractivity contribution in [1.29, 1.82) is 0 Å². The summed E-state index contributed by atoms with van der Waals surface area (Å²) in [6, 6.07) is 12.2. The van der Waals surface area contributed by atoms with Gasteiger partial charge in [-0.2, -0.15) is 4.39 Å². The molecule has 3 aromatic carbocycles. The molecule has 0 spiro atoms. The van der Waals surface area contributed by atoms with Crippen LogP contribution in [-0.2, 0) is 0 Å². The number of rotatable bonds is 7.